The number of hydrogen-bond acceptors (Lipinski definition) is 4. The number of aromatic amines is 2. The van der Waals surface area contributed by atoms with Gasteiger partial charge in [0.25, 0.3) is 0 Å². The molecule has 0 atom stereocenters. The molecule has 0 saturated carbocycles. The zero-order valence-corrected chi connectivity index (χ0v) is 17.5. The third-order valence-electron chi connectivity index (χ3n) is 6.61. The molecule has 0 unspecified atom stereocenters. The van der Waals surface area contributed by atoms with Crippen LogP contribution in [0.25, 0.3) is 32.9 Å². The number of nitrogens with one attached hydrogen (secondary N) is 2. The minimum Gasteiger partial charge on any atom is -0.361 e. The largest absolute Gasteiger partial charge is 0.361 e. The highest BCUT2D eigenvalue weighted by molar-refractivity contribution is 5.93. The van der Waals surface area contributed by atoms with Crippen LogP contribution in [0.3, 0.4) is 0 Å². The number of para-hydroxylation sites is 1. The lowest BCUT2D eigenvalue weighted by atomic mass is 9.89. The van der Waals surface area contributed by atoms with Gasteiger partial charge in [-0.3, -0.25) is 5.10 Å². The van der Waals surface area contributed by atoms with Crippen molar-refractivity contribution in [3.05, 3.63) is 72.4 Å². The summed E-state index contributed by atoms with van der Waals surface area (Å²) in [6, 6.07) is 15.0. The van der Waals surface area contributed by atoms with Crippen LogP contribution in [-0.2, 0) is 0 Å². The molecule has 4 heterocycles. The molecule has 2 aromatic carbocycles. The monoisotopic (exact) mass is 408 g/mol. The molecule has 0 amide bonds. The second-order valence-corrected chi connectivity index (χ2v) is 8.39. The second kappa shape index (κ2) is 7.23. The van der Waals surface area contributed by atoms with Crippen LogP contribution in [0.15, 0.2) is 61.2 Å². The Kier molecular flexibility index (Phi) is 4.23. The molecule has 2 N–H and O–H groups in total. The third kappa shape index (κ3) is 3.06. The summed E-state index contributed by atoms with van der Waals surface area (Å²) in [5.41, 5.74) is 6.98. The molecule has 31 heavy (non-hydrogen) atoms. The van der Waals surface area contributed by atoms with Crippen LogP contribution in [0, 0.1) is 6.92 Å². The van der Waals surface area contributed by atoms with E-state index in [1.165, 1.54) is 16.5 Å². The minimum atomic E-state index is 0.574. The van der Waals surface area contributed by atoms with Gasteiger partial charge in [0.2, 0.25) is 0 Å². The molecule has 1 fully saturated rings. The Hall–Kier alpha value is -3.67. The maximum Gasteiger partial charge on any atom is 0.139 e. The van der Waals surface area contributed by atoms with Crippen LogP contribution in [0.4, 0.5) is 5.82 Å². The van der Waals surface area contributed by atoms with Crippen LogP contribution in [0.5, 0.6) is 0 Å². The summed E-state index contributed by atoms with van der Waals surface area (Å²) < 4.78 is 0. The van der Waals surface area contributed by atoms with Gasteiger partial charge in [-0.1, -0.05) is 24.3 Å². The number of fused-ring (bicyclic) bond motifs is 2. The molecule has 1 saturated heterocycles. The van der Waals surface area contributed by atoms with E-state index in [1.807, 2.05) is 13.1 Å². The van der Waals surface area contributed by atoms with Crippen molar-refractivity contribution >= 4 is 27.6 Å². The molecule has 154 valence electrons. The Morgan fingerprint density at radius 1 is 1.00 bits per heavy atom. The standard InChI is InChI=1S/C25H24N6/c1-16-21(14-29-30-16)18-6-7-24-20(12-18)25(28-15-27-24)31-10-8-17(9-11-31)22-13-26-23-5-3-2-4-19(22)23/h2-7,12-15,17,26H,8-11H2,1H3,(H,29,30). The number of aromatic nitrogens is 5. The zero-order chi connectivity index (χ0) is 20.8. The average molecular weight is 409 g/mol. The first-order valence-corrected chi connectivity index (χ1v) is 10.8. The minimum absolute atomic E-state index is 0.574. The smallest absolute Gasteiger partial charge is 0.139 e. The van der Waals surface area contributed by atoms with Crippen LogP contribution in [0.1, 0.15) is 30.0 Å². The van der Waals surface area contributed by atoms with Crippen molar-refractivity contribution in [1.82, 2.24) is 25.1 Å². The Morgan fingerprint density at radius 2 is 1.87 bits per heavy atom. The lowest BCUT2D eigenvalue weighted by Gasteiger charge is -2.33. The highest BCUT2D eigenvalue weighted by atomic mass is 15.2. The predicted molar refractivity (Wildman–Crippen MR) is 124 cm³/mol. The topological polar surface area (TPSA) is 73.5 Å². The molecule has 6 rings (SSSR count). The number of benzene rings is 2. The molecule has 0 aliphatic carbocycles. The summed E-state index contributed by atoms with van der Waals surface area (Å²) in [6.45, 7) is 4.03. The van der Waals surface area contributed by atoms with Crippen LogP contribution < -0.4 is 4.90 Å². The number of piperidine rings is 1. The first kappa shape index (κ1) is 18.1. The molecule has 1 aliphatic heterocycles. The van der Waals surface area contributed by atoms with E-state index in [9.17, 15) is 0 Å². The summed E-state index contributed by atoms with van der Waals surface area (Å²) in [5.74, 6) is 1.61. The van der Waals surface area contributed by atoms with E-state index < -0.39 is 0 Å². The lowest BCUT2D eigenvalue weighted by molar-refractivity contribution is 0.506. The van der Waals surface area contributed by atoms with Gasteiger partial charge >= 0.3 is 0 Å². The summed E-state index contributed by atoms with van der Waals surface area (Å²) in [5, 5.41) is 9.66. The molecule has 1 aliphatic rings. The summed E-state index contributed by atoms with van der Waals surface area (Å²) in [7, 11) is 0. The van der Waals surface area contributed by atoms with Crippen molar-refractivity contribution < 1.29 is 0 Å². The van der Waals surface area contributed by atoms with Gasteiger partial charge in [-0.2, -0.15) is 5.10 Å². The van der Waals surface area contributed by atoms with Crippen molar-refractivity contribution in [3.63, 3.8) is 0 Å². The van der Waals surface area contributed by atoms with Gasteiger partial charge in [0.15, 0.2) is 0 Å². The molecule has 6 heteroatoms. The van der Waals surface area contributed by atoms with Crippen molar-refractivity contribution in [3.8, 4) is 11.1 Å². The molecular formula is C25H24N6. The van der Waals surface area contributed by atoms with Crippen LogP contribution >= 0.6 is 0 Å². The second-order valence-electron chi connectivity index (χ2n) is 8.39. The Labute approximate surface area is 180 Å². The average Bonchev–Trinajstić information content (AvgIpc) is 3.45. The highest BCUT2D eigenvalue weighted by Crippen LogP contribution is 2.36. The first-order chi connectivity index (χ1) is 15.3. The van der Waals surface area contributed by atoms with Gasteiger partial charge in [-0.25, -0.2) is 9.97 Å². The Bertz CT molecular complexity index is 1370. The lowest BCUT2D eigenvalue weighted by Crippen LogP contribution is -2.33. The van der Waals surface area contributed by atoms with Crippen molar-refractivity contribution in [2.45, 2.75) is 25.7 Å². The predicted octanol–water partition coefficient (Wildman–Crippen LogP) is 5.19. The highest BCUT2D eigenvalue weighted by Gasteiger charge is 2.24. The van der Waals surface area contributed by atoms with Gasteiger partial charge in [-0.15, -0.1) is 0 Å². The molecule has 0 bridgehead atoms. The zero-order valence-electron chi connectivity index (χ0n) is 17.5. The maximum absolute atomic E-state index is 4.70. The van der Waals surface area contributed by atoms with Crippen molar-refractivity contribution in [2.75, 3.05) is 18.0 Å². The Morgan fingerprint density at radius 3 is 2.71 bits per heavy atom. The molecule has 0 spiro atoms. The van der Waals surface area contributed by atoms with Crippen molar-refractivity contribution in [1.29, 1.82) is 0 Å². The first-order valence-electron chi connectivity index (χ1n) is 10.8. The number of anilines is 1. The van der Waals surface area contributed by atoms with Gasteiger partial charge in [0, 0.05) is 46.8 Å². The third-order valence-corrected chi connectivity index (χ3v) is 6.61. The van der Waals surface area contributed by atoms with E-state index in [4.69, 9.17) is 4.98 Å². The van der Waals surface area contributed by atoms with E-state index in [0.29, 0.717) is 5.92 Å². The molecular weight excluding hydrogens is 384 g/mol. The number of nitrogens with zero attached hydrogens (tertiary/aromatic N) is 4. The van der Waals surface area contributed by atoms with Gasteiger partial charge in [-0.05, 0) is 55.0 Å². The normalized spacial score (nSPS) is 15.2. The number of hydrogen-bond donors (Lipinski definition) is 2. The van der Waals surface area contributed by atoms with Gasteiger partial charge in [0.05, 0.1) is 11.7 Å². The van der Waals surface area contributed by atoms with E-state index in [-0.39, 0.29) is 0 Å². The van der Waals surface area contributed by atoms with Crippen LogP contribution in [0.2, 0.25) is 0 Å². The molecule has 3 aromatic heterocycles. The fourth-order valence-electron chi connectivity index (χ4n) is 4.94. The summed E-state index contributed by atoms with van der Waals surface area (Å²) in [4.78, 5) is 15.1. The fourth-order valence-corrected chi connectivity index (χ4v) is 4.94. The van der Waals surface area contributed by atoms with E-state index >= 15 is 0 Å². The van der Waals surface area contributed by atoms with Crippen LogP contribution in [-0.4, -0.2) is 38.2 Å². The van der Waals surface area contributed by atoms with Gasteiger partial charge < -0.3 is 9.88 Å². The maximum atomic E-state index is 4.70. The van der Waals surface area contributed by atoms with E-state index in [2.05, 4.69) is 73.7 Å². The quantitative estimate of drug-likeness (QED) is 0.431. The number of rotatable bonds is 3. The summed E-state index contributed by atoms with van der Waals surface area (Å²) in [6.07, 6.45) is 8.01. The van der Waals surface area contributed by atoms with E-state index in [1.54, 1.807) is 6.33 Å². The van der Waals surface area contributed by atoms with E-state index in [0.717, 1.165) is 59.5 Å². The van der Waals surface area contributed by atoms with Gasteiger partial charge in [0.1, 0.15) is 12.1 Å². The fraction of sp³-hybridized carbons (Fsp3) is 0.240. The summed E-state index contributed by atoms with van der Waals surface area (Å²) >= 11 is 0. The number of H-pyrrole nitrogens is 2. The molecule has 5 aromatic rings. The Balaban J connectivity index is 1.30. The number of aryl methyl sites for hydroxylation is 1. The SMILES string of the molecule is Cc1[nH]ncc1-c1ccc2ncnc(N3CCC(c4c[nH]c5ccccc45)CC3)c2c1. The molecule has 0 radical (unpaired) electrons. The molecule has 6 nitrogen and oxygen atoms in total. The van der Waals surface area contributed by atoms with Crippen molar-refractivity contribution in [2.24, 2.45) is 0 Å².